The van der Waals surface area contributed by atoms with Gasteiger partial charge in [-0.25, -0.2) is 0 Å². The molecule has 34 heavy (non-hydrogen) atoms. The highest BCUT2D eigenvalue weighted by molar-refractivity contribution is 7.17. The van der Waals surface area contributed by atoms with Gasteiger partial charge in [0.1, 0.15) is 17.0 Å². The van der Waals surface area contributed by atoms with Crippen molar-refractivity contribution < 1.29 is 14.3 Å². The third-order valence-electron chi connectivity index (χ3n) is 7.11. The summed E-state index contributed by atoms with van der Waals surface area (Å²) in [7, 11) is 0. The zero-order chi connectivity index (χ0) is 23.9. The summed E-state index contributed by atoms with van der Waals surface area (Å²) in [5, 5.41) is 5.33. The number of ether oxygens (including phenoxy) is 1. The predicted molar refractivity (Wildman–Crippen MR) is 135 cm³/mol. The first kappa shape index (κ1) is 23.0. The molecule has 1 aliphatic carbocycles. The fourth-order valence-corrected chi connectivity index (χ4v) is 6.06. The van der Waals surface area contributed by atoms with Gasteiger partial charge in [-0.2, -0.15) is 0 Å². The highest BCUT2D eigenvalue weighted by Gasteiger charge is 2.48. The van der Waals surface area contributed by atoms with E-state index in [1.54, 1.807) is 16.2 Å². The molecule has 6 nitrogen and oxygen atoms in total. The lowest BCUT2D eigenvalue weighted by atomic mass is 9.91. The smallest absolute Gasteiger partial charge is 0.271 e. The number of aromatic nitrogens is 1. The molecule has 1 fully saturated rings. The van der Waals surface area contributed by atoms with Crippen molar-refractivity contribution >= 4 is 33.4 Å². The minimum atomic E-state index is -0.984. The molecule has 2 aromatic heterocycles. The van der Waals surface area contributed by atoms with Gasteiger partial charge in [0.25, 0.3) is 5.91 Å². The molecule has 2 aliphatic rings. The topological polar surface area (TPSA) is 63.6 Å². The molecule has 1 aliphatic heterocycles. The van der Waals surface area contributed by atoms with Gasteiger partial charge in [-0.1, -0.05) is 31.4 Å². The molecule has 0 spiro atoms. The number of fused-ring (bicyclic) bond motifs is 3. The summed E-state index contributed by atoms with van der Waals surface area (Å²) in [6.07, 6.45) is 5.64. The molecular formula is C27H33N3O3S. The Morgan fingerprint density at radius 2 is 1.91 bits per heavy atom. The minimum Gasteiger partial charge on any atom is -0.491 e. The second-order valence-corrected chi connectivity index (χ2v) is 11.0. The highest BCUT2D eigenvalue weighted by atomic mass is 32.1. The van der Waals surface area contributed by atoms with Gasteiger partial charge < -0.3 is 19.5 Å². The number of thiophene rings is 1. The fourth-order valence-electron chi connectivity index (χ4n) is 5.24. The monoisotopic (exact) mass is 479 g/mol. The number of nitrogens with one attached hydrogen (secondary N) is 1. The van der Waals surface area contributed by atoms with Crippen LogP contribution in [0.5, 0.6) is 5.75 Å². The third kappa shape index (κ3) is 4.22. The van der Waals surface area contributed by atoms with Crippen LogP contribution in [-0.4, -0.2) is 39.0 Å². The molecule has 7 heteroatoms. The van der Waals surface area contributed by atoms with Crippen LogP contribution in [0.1, 0.15) is 68.9 Å². The summed E-state index contributed by atoms with van der Waals surface area (Å²) in [5.41, 5.74) is 1.68. The van der Waals surface area contributed by atoms with Crippen molar-refractivity contribution in [2.75, 3.05) is 0 Å². The van der Waals surface area contributed by atoms with Crippen LogP contribution in [0.15, 0.2) is 41.8 Å². The minimum absolute atomic E-state index is 0.0600. The van der Waals surface area contributed by atoms with Crippen LogP contribution < -0.4 is 10.1 Å². The van der Waals surface area contributed by atoms with Crippen LogP contribution in [0.2, 0.25) is 0 Å². The van der Waals surface area contributed by atoms with E-state index >= 15 is 0 Å². The first-order chi connectivity index (χ1) is 16.3. The molecule has 3 aromatic rings. The van der Waals surface area contributed by atoms with Crippen molar-refractivity contribution in [3.05, 3.63) is 53.0 Å². The molecule has 0 unspecified atom stereocenters. The Balaban J connectivity index is 1.47. The van der Waals surface area contributed by atoms with E-state index in [4.69, 9.17) is 4.74 Å². The second-order valence-electron chi connectivity index (χ2n) is 10.1. The number of benzene rings is 1. The second kappa shape index (κ2) is 9.10. The van der Waals surface area contributed by atoms with Crippen LogP contribution in [0.3, 0.4) is 0 Å². The van der Waals surface area contributed by atoms with Crippen molar-refractivity contribution in [1.29, 1.82) is 0 Å². The van der Waals surface area contributed by atoms with Crippen LogP contribution in [0, 0.1) is 0 Å². The summed E-state index contributed by atoms with van der Waals surface area (Å²) in [5.74, 6) is 0.643. The molecule has 1 N–H and O–H groups in total. The zero-order valence-electron chi connectivity index (χ0n) is 20.2. The largest absolute Gasteiger partial charge is 0.491 e. The summed E-state index contributed by atoms with van der Waals surface area (Å²) in [6.45, 7) is 6.73. The Hall–Kier alpha value is -2.80. The molecule has 3 heterocycles. The first-order valence-corrected chi connectivity index (χ1v) is 13.2. The maximum absolute atomic E-state index is 13.8. The van der Waals surface area contributed by atoms with Gasteiger partial charge in [-0.05, 0) is 68.8 Å². The lowest BCUT2D eigenvalue weighted by Gasteiger charge is -2.45. The van der Waals surface area contributed by atoms with E-state index in [0.29, 0.717) is 18.8 Å². The fraction of sp³-hybridized carbons (Fsp3) is 0.481. The van der Waals surface area contributed by atoms with E-state index in [0.717, 1.165) is 47.2 Å². The molecule has 0 bridgehead atoms. The highest BCUT2D eigenvalue weighted by Crippen LogP contribution is 2.35. The third-order valence-corrected chi connectivity index (χ3v) is 7.97. The SMILES string of the molecule is CC(C)Oc1ccc(CN2C(=O)c3cc4sccc4n3C[C@]2(C)C(=O)NC2CCCCC2)cc1. The maximum Gasteiger partial charge on any atom is 0.271 e. The van der Waals surface area contributed by atoms with Crippen LogP contribution in [0.25, 0.3) is 10.2 Å². The number of hydrogen-bond acceptors (Lipinski definition) is 4. The number of carbonyl (C=O) groups excluding carboxylic acids is 2. The first-order valence-electron chi connectivity index (χ1n) is 12.3. The average Bonchev–Trinajstić information content (AvgIpc) is 3.40. The van der Waals surface area contributed by atoms with Crippen LogP contribution in [-0.2, 0) is 17.9 Å². The summed E-state index contributed by atoms with van der Waals surface area (Å²) >= 11 is 1.63. The molecule has 1 aromatic carbocycles. The van der Waals surface area contributed by atoms with E-state index in [1.807, 2.05) is 67.1 Å². The molecule has 180 valence electrons. The van der Waals surface area contributed by atoms with Gasteiger partial charge in [-0.15, -0.1) is 11.3 Å². The van der Waals surface area contributed by atoms with E-state index in [-0.39, 0.29) is 24.0 Å². The number of nitrogens with zero attached hydrogens (tertiary/aromatic N) is 2. The molecule has 1 saturated carbocycles. The number of carbonyl (C=O) groups is 2. The Morgan fingerprint density at radius 1 is 1.18 bits per heavy atom. The standard InChI is InChI=1S/C27H33N3O3S/c1-18(2)33-21-11-9-19(10-12-21)16-30-25(31)23-15-24-22(13-14-34-24)29(23)17-27(30,3)26(32)28-20-7-5-4-6-8-20/h9-15,18,20H,4-8,16-17H2,1-3H3,(H,28,32)/t27-/m1/s1. The zero-order valence-corrected chi connectivity index (χ0v) is 21.0. The number of rotatable bonds is 6. The summed E-state index contributed by atoms with van der Waals surface area (Å²) in [4.78, 5) is 29.4. The van der Waals surface area contributed by atoms with Gasteiger partial charge >= 0.3 is 0 Å². The quantitative estimate of drug-likeness (QED) is 0.518. The molecule has 2 amide bonds. The molecule has 1 atom stereocenters. The van der Waals surface area contributed by atoms with Crippen molar-refractivity contribution in [2.24, 2.45) is 0 Å². The Morgan fingerprint density at radius 3 is 2.62 bits per heavy atom. The Labute approximate surface area is 204 Å². The lowest BCUT2D eigenvalue weighted by molar-refractivity contribution is -0.134. The summed E-state index contributed by atoms with van der Waals surface area (Å²) < 4.78 is 8.88. The molecule has 0 radical (unpaired) electrons. The normalized spacial score (nSPS) is 21.2. The van der Waals surface area contributed by atoms with Crippen LogP contribution >= 0.6 is 11.3 Å². The number of amides is 2. The van der Waals surface area contributed by atoms with Gasteiger partial charge in [-0.3, -0.25) is 9.59 Å². The van der Waals surface area contributed by atoms with E-state index in [1.165, 1.54) is 6.42 Å². The van der Waals surface area contributed by atoms with Gasteiger partial charge in [0.05, 0.1) is 22.9 Å². The van der Waals surface area contributed by atoms with Gasteiger partial charge in [0.2, 0.25) is 5.91 Å². The molecular weight excluding hydrogens is 446 g/mol. The Kier molecular flexibility index (Phi) is 6.15. The average molecular weight is 480 g/mol. The van der Waals surface area contributed by atoms with Gasteiger partial charge in [0, 0.05) is 12.6 Å². The summed E-state index contributed by atoms with van der Waals surface area (Å²) in [6, 6.07) is 12.0. The predicted octanol–water partition coefficient (Wildman–Crippen LogP) is 5.35. The van der Waals surface area contributed by atoms with Crippen molar-refractivity contribution in [2.45, 2.75) is 83.6 Å². The molecule has 0 saturated heterocycles. The van der Waals surface area contributed by atoms with E-state index in [9.17, 15) is 9.59 Å². The molecule has 5 rings (SSSR count). The van der Waals surface area contributed by atoms with Crippen molar-refractivity contribution in [3.63, 3.8) is 0 Å². The van der Waals surface area contributed by atoms with E-state index in [2.05, 4.69) is 5.32 Å². The van der Waals surface area contributed by atoms with E-state index < -0.39 is 5.54 Å². The maximum atomic E-state index is 13.8. The van der Waals surface area contributed by atoms with Crippen molar-refractivity contribution in [1.82, 2.24) is 14.8 Å². The van der Waals surface area contributed by atoms with Crippen molar-refractivity contribution in [3.8, 4) is 5.75 Å². The number of hydrogen-bond donors (Lipinski definition) is 1. The Bertz CT molecular complexity index is 1190. The lowest BCUT2D eigenvalue weighted by Crippen LogP contribution is -2.64. The van der Waals surface area contributed by atoms with Crippen LogP contribution in [0.4, 0.5) is 0 Å². The van der Waals surface area contributed by atoms with Gasteiger partial charge in [0.15, 0.2) is 0 Å².